The first-order chi connectivity index (χ1) is 5.57. The van der Waals surface area contributed by atoms with Crippen LogP contribution in [-0.2, 0) is 9.53 Å². The van der Waals surface area contributed by atoms with Crippen LogP contribution in [0, 0.1) is 0 Å². The van der Waals surface area contributed by atoms with Crippen molar-refractivity contribution in [3.63, 3.8) is 0 Å². The molecule has 0 aromatic heterocycles. The van der Waals surface area contributed by atoms with Crippen LogP contribution in [0.25, 0.3) is 0 Å². The van der Waals surface area contributed by atoms with E-state index in [0.717, 1.165) is 0 Å². The van der Waals surface area contributed by atoms with Crippen molar-refractivity contribution in [2.75, 3.05) is 0 Å². The second-order valence-corrected chi connectivity index (χ2v) is 3.07. The summed E-state index contributed by atoms with van der Waals surface area (Å²) >= 11 is 0. The van der Waals surface area contributed by atoms with Crippen molar-refractivity contribution in [3.8, 4) is 0 Å². The Kier molecular flexibility index (Phi) is 2.13. The third-order valence-electron chi connectivity index (χ3n) is 1.41. The first kappa shape index (κ1) is 8.71. The summed E-state index contributed by atoms with van der Waals surface area (Å²) in [7, 11) is 0. The highest BCUT2D eigenvalue weighted by Crippen LogP contribution is 2.19. The maximum atomic E-state index is 10.4. The number of hydrogen-bond acceptors (Lipinski definition) is 3. The van der Waals surface area contributed by atoms with E-state index < -0.39 is 0 Å². The molecule has 0 fully saturated rings. The molecule has 3 heteroatoms. The lowest BCUT2D eigenvalue weighted by Gasteiger charge is -2.21. The Hall–Kier alpha value is -1.38. The SMILES string of the molecule is C=CC1=NC(C)(C)C=C(C=O)O1. The summed E-state index contributed by atoms with van der Waals surface area (Å²) in [5.74, 6) is 0.689. The van der Waals surface area contributed by atoms with Gasteiger partial charge in [-0.15, -0.1) is 0 Å². The van der Waals surface area contributed by atoms with Crippen LogP contribution in [0.15, 0.2) is 29.5 Å². The van der Waals surface area contributed by atoms with Crippen LogP contribution in [0.3, 0.4) is 0 Å². The molecule has 3 nitrogen and oxygen atoms in total. The van der Waals surface area contributed by atoms with E-state index in [1.807, 2.05) is 13.8 Å². The standard InChI is InChI=1S/C9H11NO2/c1-4-8-10-9(2,3)5-7(6-11)12-8/h4-6H,1H2,2-3H3. The fraction of sp³-hybridized carbons (Fsp3) is 0.333. The Morgan fingerprint density at radius 1 is 1.67 bits per heavy atom. The monoisotopic (exact) mass is 165 g/mol. The van der Waals surface area contributed by atoms with Crippen molar-refractivity contribution in [2.24, 2.45) is 4.99 Å². The van der Waals surface area contributed by atoms with Gasteiger partial charge < -0.3 is 4.74 Å². The van der Waals surface area contributed by atoms with Crippen LogP contribution in [0.4, 0.5) is 0 Å². The van der Waals surface area contributed by atoms with E-state index in [1.165, 1.54) is 6.08 Å². The summed E-state index contributed by atoms with van der Waals surface area (Å²) in [6.45, 7) is 7.30. The zero-order valence-electron chi connectivity index (χ0n) is 7.20. The van der Waals surface area contributed by atoms with E-state index in [-0.39, 0.29) is 5.54 Å². The number of allylic oxidation sites excluding steroid dienone is 1. The Morgan fingerprint density at radius 3 is 2.83 bits per heavy atom. The van der Waals surface area contributed by atoms with Crippen LogP contribution in [-0.4, -0.2) is 17.7 Å². The molecule has 0 aromatic rings. The average Bonchev–Trinajstić information content (AvgIpc) is 2.01. The fourth-order valence-electron chi connectivity index (χ4n) is 0.983. The Bertz CT molecular complexity index is 248. The van der Waals surface area contributed by atoms with E-state index >= 15 is 0 Å². The van der Waals surface area contributed by atoms with Crippen LogP contribution < -0.4 is 0 Å². The summed E-state index contributed by atoms with van der Waals surface area (Å²) in [6.07, 6.45) is 3.82. The van der Waals surface area contributed by atoms with E-state index in [9.17, 15) is 4.79 Å². The number of ether oxygens (including phenoxy) is 1. The van der Waals surface area contributed by atoms with Gasteiger partial charge in [-0.1, -0.05) is 6.58 Å². The zero-order valence-corrected chi connectivity index (χ0v) is 7.20. The van der Waals surface area contributed by atoms with Crippen LogP contribution in [0.1, 0.15) is 13.8 Å². The third kappa shape index (κ3) is 1.81. The van der Waals surface area contributed by atoms with Crippen molar-refractivity contribution in [2.45, 2.75) is 19.4 Å². The van der Waals surface area contributed by atoms with Crippen molar-refractivity contribution < 1.29 is 9.53 Å². The van der Waals surface area contributed by atoms with Gasteiger partial charge in [0.1, 0.15) is 0 Å². The maximum Gasteiger partial charge on any atom is 0.215 e. The molecule has 0 aliphatic carbocycles. The predicted octanol–water partition coefficient (Wildman–Crippen LogP) is 1.46. The van der Waals surface area contributed by atoms with Gasteiger partial charge in [0.25, 0.3) is 0 Å². The number of carbonyl (C=O) groups excluding carboxylic acids is 1. The normalized spacial score (nSPS) is 20.2. The van der Waals surface area contributed by atoms with Gasteiger partial charge in [-0.25, -0.2) is 4.99 Å². The van der Waals surface area contributed by atoms with Gasteiger partial charge in [-0.3, -0.25) is 4.79 Å². The van der Waals surface area contributed by atoms with E-state index in [4.69, 9.17) is 4.74 Å². The second-order valence-electron chi connectivity index (χ2n) is 3.07. The molecule has 0 saturated heterocycles. The molecule has 1 heterocycles. The van der Waals surface area contributed by atoms with Gasteiger partial charge in [-0.2, -0.15) is 0 Å². The van der Waals surface area contributed by atoms with Gasteiger partial charge in [0.05, 0.1) is 5.54 Å². The minimum absolute atomic E-state index is 0.296. The third-order valence-corrected chi connectivity index (χ3v) is 1.41. The molecule has 0 unspecified atom stereocenters. The van der Waals surface area contributed by atoms with Crippen molar-refractivity contribution >= 4 is 12.2 Å². The molecule has 0 N–H and O–H groups in total. The molecule has 1 rings (SSSR count). The summed E-state index contributed by atoms with van der Waals surface area (Å²) in [5, 5.41) is 0. The molecule has 1 aliphatic rings. The predicted molar refractivity (Wildman–Crippen MR) is 46.9 cm³/mol. The summed E-state index contributed by atoms with van der Waals surface area (Å²) < 4.78 is 5.05. The van der Waals surface area contributed by atoms with Crippen LogP contribution in [0.2, 0.25) is 0 Å². The molecule has 1 aliphatic heterocycles. The Morgan fingerprint density at radius 2 is 2.33 bits per heavy atom. The Labute approximate surface area is 71.4 Å². The van der Waals surface area contributed by atoms with E-state index in [1.54, 1.807) is 6.08 Å². The van der Waals surface area contributed by atoms with Crippen molar-refractivity contribution in [3.05, 3.63) is 24.5 Å². The molecule has 0 aromatic carbocycles. The topological polar surface area (TPSA) is 38.7 Å². The maximum absolute atomic E-state index is 10.4. The minimum atomic E-state index is -0.377. The molecular weight excluding hydrogens is 154 g/mol. The quantitative estimate of drug-likeness (QED) is 0.581. The minimum Gasteiger partial charge on any atom is -0.436 e. The highest BCUT2D eigenvalue weighted by molar-refractivity contribution is 5.92. The molecule has 0 saturated carbocycles. The fourth-order valence-corrected chi connectivity index (χ4v) is 0.983. The lowest BCUT2D eigenvalue weighted by Crippen LogP contribution is -2.23. The molecule has 0 spiro atoms. The zero-order chi connectivity index (χ0) is 9.19. The second kappa shape index (κ2) is 2.93. The van der Waals surface area contributed by atoms with Gasteiger partial charge in [0.2, 0.25) is 5.90 Å². The molecular formula is C9H11NO2. The molecule has 0 atom stereocenters. The van der Waals surface area contributed by atoms with E-state index in [2.05, 4.69) is 11.6 Å². The molecule has 0 radical (unpaired) electrons. The van der Waals surface area contributed by atoms with Gasteiger partial charge in [0, 0.05) is 0 Å². The van der Waals surface area contributed by atoms with Crippen LogP contribution >= 0.6 is 0 Å². The number of nitrogens with zero attached hydrogens (tertiary/aromatic N) is 1. The summed E-state index contributed by atoms with van der Waals surface area (Å²) in [4.78, 5) is 14.6. The molecule has 0 bridgehead atoms. The first-order valence-electron chi connectivity index (χ1n) is 3.65. The number of rotatable bonds is 2. The number of aliphatic imine (C=N–C) groups is 1. The molecule has 64 valence electrons. The summed E-state index contributed by atoms with van der Waals surface area (Å²) in [5.41, 5.74) is -0.377. The smallest absolute Gasteiger partial charge is 0.215 e. The average molecular weight is 165 g/mol. The number of carbonyl (C=O) groups is 1. The summed E-state index contributed by atoms with van der Waals surface area (Å²) in [6, 6.07) is 0. The van der Waals surface area contributed by atoms with Crippen molar-refractivity contribution in [1.82, 2.24) is 0 Å². The van der Waals surface area contributed by atoms with E-state index in [0.29, 0.717) is 17.9 Å². The largest absolute Gasteiger partial charge is 0.436 e. The van der Waals surface area contributed by atoms with Crippen LogP contribution in [0.5, 0.6) is 0 Å². The van der Waals surface area contributed by atoms with Gasteiger partial charge in [-0.05, 0) is 26.0 Å². The molecule has 12 heavy (non-hydrogen) atoms. The Balaban J connectivity index is 2.97. The number of hydrogen-bond donors (Lipinski definition) is 0. The van der Waals surface area contributed by atoms with Gasteiger partial charge in [0.15, 0.2) is 12.0 Å². The van der Waals surface area contributed by atoms with Gasteiger partial charge >= 0.3 is 0 Å². The van der Waals surface area contributed by atoms with Crippen molar-refractivity contribution in [1.29, 1.82) is 0 Å². The first-order valence-corrected chi connectivity index (χ1v) is 3.65. The lowest BCUT2D eigenvalue weighted by atomic mass is 10.0. The highest BCUT2D eigenvalue weighted by Gasteiger charge is 2.21. The molecule has 0 amide bonds. The lowest BCUT2D eigenvalue weighted by molar-refractivity contribution is -0.106. The highest BCUT2D eigenvalue weighted by atomic mass is 16.5. The number of aldehydes is 1.